The molecule has 2 heterocycles. The molecule has 34 heavy (non-hydrogen) atoms. The van der Waals surface area contributed by atoms with Gasteiger partial charge in [0.2, 0.25) is 6.10 Å². The van der Waals surface area contributed by atoms with Crippen molar-refractivity contribution in [3.63, 3.8) is 0 Å². The first kappa shape index (κ1) is 26.8. The Morgan fingerprint density at radius 1 is 1.15 bits per heavy atom. The van der Waals surface area contributed by atoms with Crippen LogP contribution < -0.4 is 9.47 Å². The normalized spacial score (nSPS) is 15.2. The number of ether oxygens (including phenoxy) is 2. The molecule has 0 spiro atoms. The van der Waals surface area contributed by atoms with E-state index in [1.807, 2.05) is 0 Å². The molecule has 2 N–H and O–H groups in total. The number of carboxylic acids is 2. The molecule has 0 aliphatic carbocycles. The van der Waals surface area contributed by atoms with Crippen LogP contribution in [-0.2, 0) is 16.0 Å². The lowest BCUT2D eigenvalue weighted by molar-refractivity contribution is -0.192. The minimum atomic E-state index is -5.08. The lowest BCUT2D eigenvalue weighted by atomic mass is 9.98. The Hall–Kier alpha value is -3.48. The highest BCUT2D eigenvalue weighted by Gasteiger charge is 2.48. The third kappa shape index (κ3) is 6.76. The first-order valence-electron chi connectivity index (χ1n) is 8.93. The number of benzene rings is 1. The summed E-state index contributed by atoms with van der Waals surface area (Å²) in [4.78, 5) is 24.3. The molecular formula is C20H14ClF6NO6. The van der Waals surface area contributed by atoms with Crippen molar-refractivity contribution in [2.45, 2.75) is 24.9 Å². The molecule has 3 rings (SSSR count). The van der Waals surface area contributed by atoms with Gasteiger partial charge >= 0.3 is 24.3 Å². The Bertz CT molecular complexity index is 1100. The smallest absolute Gasteiger partial charge is 0.490 e. The minimum absolute atomic E-state index is 0.0877. The number of aliphatic carboxylic acids is 2. The maximum Gasteiger partial charge on any atom is 0.490 e. The zero-order valence-electron chi connectivity index (χ0n) is 16.9. The first-order chi connectivity index (χ1) is 15.6. The average molecular weight is 514 g/mol. The zero-order valence-corrected chi connectivity index (χ0v) is 17.6. The van der Waals surface area contributed by atoms with Crippen molar-refractivity contribution in [3.8, 4) is 11.5 Å². The molecule has 7 nitrogen and oxygen atoms in total. The van der Waals surface area contributed by atoms with E-state index >= 15 is 0 Å². The number of methoxy groups -OCH3 is 1. The van der Waals surface area contributed by atoms with E-state index in [4.69, 9.17) is 36.1 Å². The molecule has 0 saturated carbocycles. The largest absolute Gasteiger partial charge is 0.495 e. The van der Waals surface area contributed by atoms with Gasteiger partial charge in [-0.3, -0.25) is 4.98 Å². The number of pyridine rings is 1. The van der Waals surface area contributed by atoms with Crippen LogP contribution in [0.5, 0.6) is 11.5 Å². The maximum absolute atomic E-state index is 13.2. The van der Waals surface area contributed by atoms with Crippen LogP contribution in [0.25, 0.3) is 6.08 Å². The number of halogens is 7. The predicted octanol–water partition coefficient (Wildman–Crippen LogP) is 4.76. The number of fused-ring (bicyclic) bond motifs is 1. The SMILES string of the molecule is COc1ccc(Cc2cc3c(cc2Cl)C=C(C(=O)O)C(C(F)(F)F)O3)nc1.O=C(O)C(F)(F)F. The van der Waals surface area contributed by atoms with Gasteiger partial charge in [0.05, 0.1) is 18.9 Å². The van der Waals surface area contributed by atoms with Crippen LogP contribution in [0.4, 0.5) is 26.3 Å². The van der Waals surface area contributed by atoms with E-state index in [1.54, 1.807) is 12.1 Å². The highest BCUT2D eigenvalue weighted by molar-refractivity contribution is 6.31. The van der Waals surface area contributed by atoms with E-state index in [0.29, 0.717) is 17.0 Å². The Morgan fingerprint density at radius 2 is 1.76 bits per heavy atom. The number of rotatable bonds is 4. The Kier molecular flexibility index (Phi) is 8.03. The fourth-order valence-electron chi connectivity index (χ4n) is 2.64. The molecule has 0 saturated heterocycles. The van der Waals surface area contributed by atoms with Gasteiger partial charge in [0.15, 0.2) is 0 Å². The molecule has 0 bridgehead atoms. The maximum atomic E-state index is 13.2. The summed E-state index contributed by atoms with van der Waals surface area (Å²) in [6.07, 6.45) is -9.79. The number of nitrogens with zero attached hydrogens (tertiary/aromatic N) is 1. The second-order valence-corrected chi connectivity index (χ2v) is 7.00. The van der Waals surface area contributed by atoms with Crippen LogP contribution >= 0.6 is 11.6 Å². The van der Waals surface area contributed by atoms with Crippen molar-refractivity contribution < 1.29 is 55.6 Å². The second kappa shape index (κ2) is 10.2. The van der Waals surface area contributed by atoms with Crippen molar-refractivity contribution >= 4 is 29.6 Å². The van der Waals surface area contributed by atoms with Gasteiger partial charge in [-0.05, 0) is 35.9 Å². The third-order valence-corrected chi connectivity index (χ3v) is 4.56. The number of hydrogen-bond acceptors (Lipinski definition) is 5. The molecule has 184 valence electrons. The summed E-state index contributed by atoms with van der Waals surface area (Å²) in [5.74, 6) is -3.98. The molecule has 1 unspecified atom stereocenters. The topological polar surface area (TPSA) is 106 Å². The van der Waals surface area contributed by atoms with Crippen molar-refractivity contribution in [1.29, 1.82) is 0 Å². The summed E-state index contributed by atoms with van der Waals surface area (Å²) in [7, 11) is 1.50. The lowest BCUT2D eigenvalue weighted by Crippen LogP contribution is -2.40. The summed E-state index contributed by atoms with van der Waals surface area (Å²) in [6, 6.07) is 6.16. The van der Waals surface area contributed by atoms with Crippen molar-refractivity contribution in [2.75, 3.05) is 7.11 Å². The van der Waals surface area contributed by atoms with Gasteiger partial charge in [0.1, 0.15) is 11.5 Å². The van der Waals surface area contributed by atoms with Crippen LogP contribution in [0.2, 0.25) is 5.02 Å². The average Bonchev–Trinajstić information content (AvgIpc) is 2.73. The zero-order chi connectivity index (χ0) is 25.8. The van der Waals surface area contributed by atoms with E-state index in [9.17, 15) is 31.1 Å². The van der Waals surface area contributed by atoms with E-state index in [1.165, 1.54) is 25.4 Å². The van der Waals surface area contributed by atoms with Gasteiger partial charge in [-0.15, -0.1) is 0 Å². The molecule has 0 amide bonds. The minimum Gasteiger partial charge on any atom is -0.495 e. The molecule has 0 fully saturated rings. The molecule has 1 aliphatic heterocycles. The van der Waals surface area contributed by atoms with Crippen LogP contribution in [0, 0.1) is 0 Å². The van der Waals surface area contributed by atoms with E-state index in [2.05, 4.69) is 4.98 Å². The van der Waals surface area contributed by atoms with Crippen molar-refractivity contribution in [2.24, 2.45) is 0 Å². The van der Waals surface area contributed by atoms with Crippen LogP contribution in [0.3, 0.4) is 0 Å². The Labute approximate surface area is 192 Å². The predicted molar refractivity (Wildman–Crippen MR) is 105 cm³/mol. The molecule has 1 aromatic carbocycles. The molecule has 2 aromatic rings. The van der Waals surface area contributed by atoms with Crippen LogP contribution in [0.15, 0.2) is 36.0 Å². The van der Waals surface area contributed by atoms with E-state index < -0.39 is 36.0 Å². The number of aromatic nitrogens is 1. The van der Waals surface area contributed by atoms with Crippen molar-refractivity contribution in [1.82, 2.24) is 4.98 Å². The van der Waals surface area contributed by atoms with Crippen molar-refractivity contribution in [3.05, 3.63) is 57.9 Å². The molecular weight excluding hydrogens is 500 g/mol. The quantitative estimate of drug-likeness (QED) is 0.568. The lowest BCUT2D eigenvalue weighted by Gasteiger charge is -2.27. The monoisotopic (exact) mass is 513 g/mol. The number of alkyl halides is 6. The van der Waals surface area contributed by atoms with Gasteiger partial charge in [-0.25, -0.2) is 9.59 Å². The Balaban J connectivity index is 0.000000509. The number of carboxylic acid groups (broad SMARTS) is 2. The summed E-state index contributed by atoms with van der Waals surface area (Å²) in [5.41, 5.74) is 0.406. The fourth-order valence-corrected chi connectivity index (χ4v) is 2.88. The first-order valence-corrected chi connectivity index (χ1v) is 9.31. The van der Waals surface area contributed by atoms with Crippen LogP contribution in [0.1, 0.15) is 16.8 Å². The summed E-state index contributed by atoms with van der Waals surface area (Å²) < 4.78 is 81.2. The fraction of sp³-hybridized carbons (Fsp3) is 0.250. The third-order valence-electron chi connectivity index (χ3n) is 4.21. The Morgan fingerprint density at radius 3 is 2.21 bits per heavy atom. The molecule has 1 atom stereocenters. The number of carbonyl (C=O) groups is 2. The van der Waals surface area contributed by atoms with Gasteiger partial charge in [-0.1, -0.05) is 11.6 Å². The highest BCUT2D eigenvalue weighted by Crippen LogP contribution is 2.39. The van der Waals surface area contributed by atoms with Gasteiger partial charge < -0.3 is 19.7 Å². The molecule has 14 heteroatoms. The number of hydrogen-bond donors (Lipinski definition) is 2. The molecule has 0 radical (unpaired) electrons. The highest BCUT2D eigenvalue weighted by atomic mass is 35.5. The second-order valence-electron chi connectivity index (χ2n) is 6.59. The van der Waals surface area contributed by atoms with Gasteiger partial charge in [0, 0.05) is 22.7 Å². The van der Waals surface area contributed by atoms with E-state index in [-0.39, 0.29) is 22.8 Å². The standard InChI is InChI=1S/C18H13ClF3NO4.C2HF3O2/c1-26-12-3-2-11(23-8-12)4-9-7-15-10(6-14(9)19)5-13(17(24)25)16(27-15)18(20,21)22;3-2(4,5)1(6)7/h2-3,5-8,16H,4H2,1H3,(H,24,25);(H,6,7). The summed E-state index contributed by atoms with van der Waals surface area (Å²) >= 11 is 6.22. The van der Waals surface area contributed by atoms with E-state index in [0.717, 1.165) is 6.08 Å². The molecule has 1 aromatic heterocycles. The van der Waals surface area contributed by atoms with Gasteiger partial charge in [0.25, 0.3) is 0 Å². The summed E-state index contributed by atoms with van der Waals surface area (Å²) in [6.45, 7) is 0. The molecule has 1 aliphatic rings. The summed E-state index contributed by atoms with van der Waals surface area (Å²) in [5, 5.41) is 16.4. The van der Waals surface area contributed by atoms with Gasteiger partial charge in [-0.2, -0.15) is 26.3 Å². The van der Waals surface area contributed by atoms with Crippen LogP contribution in [-0.4, -0.2) is 52.7 Å².